The number of nitrogens with zero attached hydrogens (tertiary/aromatic N) is 5. The van der Waals surface area contributed by atoms with Gasteiger partial charge in [-0.2, -0.15) is 0 Å². The van der Waals surface area contributed by atoms with Crippen LogP contribution < -0.4 is 5.32 Å². The van der Waals surface area contributed by atoms with Gasteiger partial charge in [0.05, 0.1) is 18.4 Å². The molecule has 1 aromatic heterocycles. The summed E-state index contributed by atoms with van der Waals surface area (Å²) in [5, 5.41) is 13.2. The highest BCUT2D eigenvalue weighted by atomic mass is 16.2. The van der Waals surface area contributed by atoms with Crippen molar-refractivity contribution >= 4 is 28.2 Å². The normalized spacial score (nSPS) is 13.5. The van der Waals surface area contributed by atoms with E-state index in [1.165, 1.54) is 6.20 Å². The number of amidine groups is 1. The molecule has 0 saturated heterocycles. The molecule has 0 bridgehead atoms. The van der Waals surface area contributed by atoms with Gasteiger partial charge in [0.1, 0.15) is 5.84 Å². The predicted octanol–water partition coefficient (Wildman–Crippen LogP) is 3.36. The summed E-state index contributed by atoms with van der Waals surface area (Å²) in [6.07, 6.45) is 1.47. The molecule has 1 amide bonds. The number of carbonyl (C=O) groups excluding carboxylic acids is 1. The summed E-state index contributed by atoms with van der Waals surface area (Å²) in [4.78, 5) is 19.5. The number of hydrogen-bond acceptors (Lipinski definition) is 5. The molecule has 3 aromatic carbocycles. The summed E-state index contributed by atoms with van der Waals surface area (Å²) < 4.78 is 1.55. The van der Waals surface area contributed by atoms with Crippen molar-refractivity contribution in [1.29, 1.82) is 0 Å². The molecule has 0 radical (unpaired) electrons. The molecule has 0 fully saturated rings. The topological polar surface area (TPSA) is 75.4 Å². The summed E-state index contributed by atoms with van der Waals surface area (Å²) in [5.41, 5.74) is 2.90. The summed E-state index contributed by atoms with van der Waals surface area (Å²) >= 11 is 0. The first-order chi connectivity index (χ1) is 14.7. The van der Waals surface area contributed by atoms with E-state index in [0.29, 0.717) is 11.4 Å². The molecule has 0 unspecified atom stereocenters. The molecule has 0 saturated carbocycles. The monoisotopic (exact) mass is 396 g/mol. The first-order valence-corrected chi connectivity index (χ1v) is 9.76. The number of likely N-dealkylation sites (N-methyl/N-ethyl adjacent to an activating group) is 1. The van der Waals surface area contributed by atoms with E-state index in [2.05, 4.69) is 25.5 Å². The van der Waals surface area contributed by atoms with Crippen LogP contribution in [0.5, 0.6) is 0 Å². The molecular formula is C23H20N6O. The van der Waals surface area contributed by atoms with Crippen LogP contribution in [0.2, 0.25) is 0 Å². The van der Waals surface area contributed by atoms with Crippen molar-refractivity contribution in [3.05, 3.63) is 84.2 Å². The van der Waals surface area contributed by atoms with Gasteiger partial charge in [0, 0.05) is 24.8 Å². The minimum atomic E-state index is -0.267. The summed E-state index contributed by atoms with van der Waals surface area (Å²) in [5.74, 6) is 0.711. The number of hydrogen-bond donors (Lipinski definition) is 1. The summed E-state index contributed by atoms with van der Waals surface area (Å²) in [6, 6.07) is 21.7. The first-order valence-electron chi connectivity index (χ1n) is 9.76. The van der Waals surface area contributed by atoms with Crippen LogP contribution in [-0.2, 0) is 0 Å². The van der Waals surface area contributed by atoms with Crippen LogP contribution >= 0.6 is 0 Å². The van der Waals surface area contributed by atoms with Crippen molar-refractivity contribution in [3.63, 3.8) is 0 Å². The molecule has 4 aromatic rings. The van der Waals surface area contributed by atoms with E-state index in [1.807, 2.05) is 73.8 Å². The van der Waals surface area contributed by atoms with E-state index in [1.54, 1.807) is 4.68 Å². The minimum Gasteiger partial charge on any atom is -0.358 e. The molecule has 1 aliphatic heterocycles. The van der Waals surface area contributed by atoms with Gasteiger partial charge in [0.25, 0.3) is 5.91 Å². The van der Waals surface area contributed by atoms with Gasteiger partial charge < -0.3 is 10.2 Å². The molecule has 1 aliphatic rings. The maximum atomic E-state index is 12.9. The molecule has 0 atom stereocenters. The Morgan fingerprint density at radius 3 is 2.57 bits per heavy atom. The van der Waals surface area contributed by atoms with Gasteiger partial charge in [-0.3, -0.25) is 9.79 Å². The van der Waals surface area contributed by atoms with Crippen LogP contribution in [0.1, 0.15) is 16.1 Å². The maximum absolute atomic E-state index is 12.9. The molecule has 7 heteroatoms. The molecule has 30 heavy (non-hydrogen) atoms. The van der Waals surface area contributed by atoms with Gasteiger partial charge in [0.2, 0.25) is 0 Å². The lowest BCUT2D eigenvalue weighted by molar-refractivity contribution is 0.101. The van der Waals surface area contributed by atoms with Crippen LogP contribution in [-0.4, -0.2) is 51.8 Å². The van der Waals surface area contributed by atoms with Crippen molar-refractivity contribution in [2.45, 2.75) is 0 Å². The fourth-order valence-corrected chi connectivity index (χ4v) is 3.63. The van der Waals surface area contributed by atoms with Crippen molar-refractivity contribution < 1.29 is 4.79 Å². The second-order valence-electron chi connectivity index (χ2n) is 7.22. The lowest BCUT2D eigenvalue weighted by atomic mass is 10.1. The van der Waals surface area contributed by atoms with E-state index in [0.717, 1.165) is 40.9 Å². The van der Waals surface area contributed by atoms with E-state index >= 15 is 0 Å². The van der Waals surface area contributed by atoms with Crippen LogP contribution in [0.15, 0.2) is 77.9 Å². The van der Waals surface area contributed by atoms with Gasteiger partial charge in [-0.15, -0.1) is 5.10 Å². The molecule has 2 heterocycles. The Bertz CT molecular complexity index is 1260. The van der Waals surface area contributed by atoms with E-state index in [4.69, 9.17) is 0 Å². The number of benzene rings is 3. The van der Waals surface area contributed by atoms with E-state index < -0.39 is 0 Å². The van der Waals surface area contributed by atoms with Gasteiger partial charge >= 0.3 is 0 Å². The van der Waals surface area contributed by atoms with Gasteiger partial charge in [-0.05, 0) is 47.2 Å². The Hall–Kier alpha value is -4.00. The Balaban J connectivity index is 1.38. The lowest BCUT2D eigenvalue weighted by Gasteiger charge is -2.14. The number of fused-ring (bicyclic) bond motifs is 1. The molecule has 7 nitrogen and oxygen atoms in total. The van der Waals surface area contributed by atoms with Crippen molar-refractivity contribution in [2.24, 2.45) is 4.99 Å². The van der Waals surface area contributed by atoms with Crippen molar-refractivity contribution in [1.82, 2.24) is 19.9 Å². The molecule has 5 rings (SSSR count). The molecular weight excluding hydrogens is 376 g/mol. The summed E-state index contributed by atoms with van der Waals surface area (Å²) in [6.45, 7) is 1.75. The Morgan fingerprint density at radius 1 is 1.00 bits per heavy atom. The number of aliphatic imine (C=N–C) groups is 1. The van der Waals surface area contributed by atoms with Crippen molar-refractivity contribution in [2.75, 3.05) is 25.5 Å². The van der Waals surface area contributed by atoms with E-state index in [9.17, 15) is 4.79 Å². The van der Waals surface area contributed by atoms with Gasteiger partial charge in [-0.25, -0.2) is 4.68 Å². The highest BCUT2D eigenvalue weighted by molar-refractivity contribution is 6.04. The Morgan fingerprint density at radius 2 is 1.80 bits per heavy atom. The van der Waals surface area contributed by atoms with E-state index in [-0.39, 0.29) is 5.91 Å². The van der Waals surface area contributed by atoms with Crippen LogP contribution in [0.25, 0.3) is 16.5 Å². The minimum absolute atomic E-state index is 0.267. The third-order valence-electron chi connectivity index (χ3n) is 5.22. The molecule has 0 aliphatic carbocycles. The van der Waals surface area contributed by atoms with Crippen LogP contribution in [0.3, 0.4) is 0 Å². The van der Waals surface area contributed by atoms with Crippen molar-refractivity contribution in [3.8, 4) is 5.69 Å². The number of aromatic nitrogens is 3. The fourth-order valence-electron chi connectivity index (χ4n) is 3.63. The first kappa shape index (κ1) is 18.1. The smallest absolute Gasteiger partial charge is 0.276 e. The lowest BCUT2D eigenvalue weighted by Crippen LogP contribution is -2.23. The number of carbonyl (C=O) groups is 1. The second-order valence-corrected chi connectivity index (χ2v) is 7.22. The third kappa shape index (κ3) is 3.30. The zero-order valence-corrected chi connectivity index (χ0v) is 16.5. The average molecular weight is 396 g/mol. The number of anilines is 1. The number of amides is 1. The zero-order chi connectivity index (χ0) is 20.5. The summed E-state index contributed by atoms with van der Waals surface area (Å²) in [7, 11) is 2.03. The highest BCUT2D eigenvalue weighted by Crippen LogP contribution is 2.20. The maximum Gasteiger partial charge on any atom is 0.276 e. The fraction of sp³-hybridized carbons (Fsp3) is 0.130. The second kappa shape index (κ2) is 7.44. The standard InChI is InChI=1S/C23H20N6O/c1-28-13-12-24-22(28)17-6-9-19(10-7-17)26-23(30)21-15-25-27-29(21)20-11-8-16-4-2-3-5-18(16)14-20/h2-11,14-15H,12-13H2,1H3,(H,26,30). The number of nitrogens with one attached hydrogen (secondary N) is 1. The zero-order valence-electron chi connectivity index (χ0n) is 16.5. The van der Waals surface area contributed by atoms with Gasteiger partial charge in [0.15, 0.2) is 5.69 Å². The number of rotatable bonds is 4. The predicted molar refractivity (Wildman–Crippen MR) is 117 cm³/mol. The molecule has 0 spiro atoms. The Labute approximate surface area is 173 Å². The molecule has 1 N–H and O–H groups in total. The SMILES string of the molecule is CN1CCN=C1c1ccc(NC(=O)c2cnnn2-c2ccc3ccccc3c2)cc1. The molecule has 148 valence electrons. The Kier molecular flexibility index (Phi) is 4.48. The highest BCUT2D eigenvalue weighted by Gasteiger charge is 2.17. The quantitative estimate of drug-likeness (QED) is 0.574. The van der Waals surface area contributed by atoms with Crippen LogP contribution in [0, 0.1) is 0 Å². The third-order valence-corrected chi connectivity index (χ3v) is 5.22. The van der Waals surface area contributed by atoms with Crippen LogP contribution in [0.4, 0.5) is 5.69 Å². The van der Waals surface area contributed by atoms with Gasteiger partial charge in [-0.1, -0.05) is 35.5 Å². The largest absolute Gasteiger partial charge is 0.358 e. The average Bonchev–Trinajstić information content (AvgIpc) is 3.43.